The molecule has 1 atom stereocenters. The molecule has 0 aliphatic heterocycles. The fraction of sp³-hybridized carbons (Fsp3) is 0.812. The van der Waals surface area contributed by atoms with Gasteiger partial charge in [0.2, 0.25) is 0 Å². The summed E-state index contributed by atoms with van der Waals surface area (Å²) in [7, 11) is 2.08. The zero-order valence-electron chi connectivity index (χ0n) is 12.9. The number of aromatic nitrogens is 2. The predicted octanol–water partition coefficient (Wildman–Crippen LogP) is 2.94. The molecule has 3 nitrogen and oxygen atoms in total. The van der Waals surface area contributed by atoms with Crippen molar-refractivity contribution in [3.05, 3.63) is 17.5 Å². The molecule has 0 bridgehead atoms. The molecule has 1 heterocycles. The minimum atomic E-state index is 0.737. The van der Waals surface area contributed by atoms with Crippen molar-refractivity contribution in [2.24, 2.45) is 18.9 Å². The third kappa shape index (κ3) is 4.64. The number of nitrogens with zero attached hydrogens (tertiary/aromatic N) is 2. The lowest BCUT2D eigenvalue weighted by molar-refractivity contribution is 0.377. The van der Waals surface area contributed by atoms with Crippen LogP contribution in [0.15, 0.2) is 6.07 Å². The lowest BCUT2D eigenvalue weighted by Crippen LogP contribution is -2.27. The van der Waals surface area contributed by atoms with Crippen LogP contribution in [0.25, 0.3) is 0 Å². The van der Waals surface area contributed by atoms with Gasteiger partial charge in [-0.05, 0) is 56.6 Å². The number of hydrogen-bond donors (Lipinski definition) is 1. The summed E-state index contributed by atoms with van der Waals surface area (Å²) in [5.74, 6) is 1.51. The molecule has 1 aliphatic carbocycles. The van der Waals surface area contributed by atoms with Crippen molar-refractivity contribution in [2.45, 2.75) is 58.9 Å². The van der Waals surface area contributed by atoms with Crippen LogP contribution in [-0.4, -0.2) is 22.4 Å². The SMILES string of the molecule is CCc1cc(CC(CNC2CC2)CC(C)C)n(C)n1. The van der Waals surface area contributed by atoms with E-state index in [0.29, 0.717) is 0 Å². The lowest BCUT2D eigenvalue weighted by Gasteiger charge is -2.19. The van der Waals surface area contributed by atoms with E-state index in [4.69, 9.17) is 0 Å². The van der Waals surface area contributed by atoms with Crippen LogP contribution < -0.4 is 5.32 Å². The molecule has 1 aromatic heterocycles. The van der Waals surface area contributed by atoms with Gasteiger partial charge in [-0.25, -0.2) is 0 Å². The first-order valence-electron chi connectivity index (χ1n) is 7.83. The Kier molecular flexibility index (Phi) is 5.03. The van der Waals surface area contributed by atoms with E-state index in [0.717, 1.165) is 37.3 Å². The third-order valence-electron chi connectivity index (χ3n) is 3.96. The molecule has 2 rings (SSSR count). The van der Waals surface area contributed by atoms with Crippen LogP contribution in [0.4, 0.5) is 0 Å². The van der Waals surface area contributed by atoms with Crippen LogP contribution in [-0.2, 0) is 19.9 Å². The van der Waals surface area contributed by atoms with E-state index in [1.165, 1.54) is 30.7 Å². The Morgan fingerprint density at radius 1 is 1.42 bits per heavy atom. The van der Waals surface area contributed by atoms with Crippen molar-refractivity contribution in [1.29, 1.82) is 0 Å². The van der Waals surface area contributed by atoms with Gasteiger partial charge in [-0.15, -0.1) is 0 Å². The summed E-state index contributed by atoms with van der Waals surface area (Å²) in [6.45, 7) is 7.98. The second kappa shape index (κ2) is 6.56. The Hall–Kier alpha value is -0.830. The maximum Gasteiger partial charge on any atom is 0.0624 e. The van der Waals surface area contributed by atoms with E-state index in [1.54, 1.807) is 0 Å². The van der Waals surface area contributed by atoms with Gasteiger partial charge in [-0.3, -0.25) is 4.68 Å². The first-order valence-corrected chi connectivity index (χ1v) is 7.83. The summed E-state index contributed by atoms with van der Waals surface area (Å²) in [6, 6.07) is 3.09. The summed E-state index contributed by atoms with van der Waals surface area (Å²) in [4.78, 5) is 0. The highest BCUT2D eigenvalue weighted by atomic mass is 15.3. The van der Waals surface area contributed by atoms with Crippen LogP contribution in [0.3, 0.4) is 0 Å². The average Bonchev–Trinajstić information content (AvgIpc) is 3.11. The number of aryl methyl sites for hydroxylation is 2. The number of hydrogen-bond acceptors (Lipinski definition) is 2. The Labute approximate surface area is 117 Å². The summed E-state index contributed by atoms with van der Waals surface area (Å²) < 4.78 is 2.07. The van der Waals surface area contributed by atoms with Gasteiger partial charge in [0, 0.05) is 18.8 Å². The Bertz CT molecular complexity index is 391. The molecule has 0 saturated heterocycles. The molecule has 0 radical (unpaired) electrons. The summed E-state index contributed by atoms with van der Waals surface area (Å²) in [5, 5.41) is 8.26. The van der Waals surface area contributed by atoms with Crippen molar-refractivity contribution in [3.63, 3.8) is 0 Å². The molecular formula is C16H29N3. The summed E-state index contributed by atoms with van der Waals surface area (Å²) >= 11 is 0. The van der Waals surface area contributed by atoms with Crippen LogP contribution in [0.5, 0.6) is 0 Å². The molecular weight excluding hydrogens is 234 g/mol. The molecule has 1 aromatic rings. The zero-order valence-corrected chi connectivity index (χ0v) is 12.9. The van der Waals surface area contributed by atoms with E-state index < -0.39 is 0 Å². The first kappa shape index (κ1) is 14.6. The second-order valence-electron chi connectivity index (χ2n) is 6.49. The fourth-order valence-electron chi connectivity index (χ4n) is 2.76. The largest absolute Gasteiger partial charge is 0.314 e. The van der Waals surface area contributed by atoms with E-state index in [1.807, 2.05) is 0 Å². The molecule has 1 aliphatic rings. The van der Waals surface area contributed by atoms with E-state index in [9.17, 15) is 0 Å². The van der Waals surface area contributed by atoms with Crippen LogP contribution in [0.1, 0.15) is 51.4 Å². The Morgan fingerprint density at radius 2 is 2.16 bits per heavy atom. The molecule has 3 heteroatoms. The number of rotatable bonds is 8. The summed E-state index contributed by atoms with van der Waals surface area (Å²) in [6.07, 6.45) is 6.23. The lowest BCUT2D eigenvalue weighted by atomic mass is 9.92. The molecule has 1 N–H and O–H groups in total. The van der Waals surface area contributed by atoms with Gasteiger partial charge in [0.05, 0.1) is 5.69 Å². The van der Waals surface area contributed by atoms with Gasteiger partial charge in [-0.2, -0.15) is 5.10 Å². The first-order chi connectivity index (χ1) is 9.08. The van der Waals surface area contributed by atoms with Crippen LogP contribution in [0, 0.1) is 11.8 Å². The van der Waals surface area contributed by atoms with Crippen LogP contribution >= 0.6 is 0 Å². The van der Waals surface area contributed by atoms with Gasteiger partial charge in [0.15, 0.2) is 0 Å². The molecule has 1 unspecified atom stereocenters. The predicted molar refractivity (Wildman–Crippen MR) is 80.3 cm³/mol. The second-order valence-corrected chi connectivity index (χ2v) is 6.49. The van der Waals surface area contributed by atoms with Gasteiger partial charge in [0.25, 0.3) is 0 Å². The molecule has 0 aromatic carbocycles. The minimum absolute atomic E-state index is 0.737. The zero-order chi connectivity index (χ0) is 13.8. The van der Waals surface area contributed by atoms with Crippen molar-refractivity contribution in [2.75, 3.05) is 6.54 Å². The molecule has 1 fully saturated rings. The Morgan fingerprint density at radius 3 is 2.68 bits per heavy atom. The maximum atomic E-state index is 4.57. The molecule has 108 valence electrons. The average molecular weight is 263 g/mol. The molecule has 0 amide bonds. The fourth-order valence-corrected chi connectivity index (χ4v) is 2.76. The van der Waals surface area contributed by atoms with Crippen molar-refractivity contribution in [1.82, 2.24) is 15.1 Å². The van der Waals surface area contributed by atoms with E-state index >= 15 is 0 Å². The monoisotopic (exact) mass is 263 g/mol. The van der Waals surface area contributed by atoms with E-state index in [-0.39, 0.29) is 0 Å². The van der Waals surface area contributed by atoms with Gasteiger partial charge in [-0.1, -0.05) is 20.8 Å². The normalized spacial score (nSPS) is 17.1. The van der Waals surface area contributed by atoms with Crippen molar-refractivity contribution >= 4 is 0 Å². The standard InChI is InChI=1S/C16H29N3/c1-5-14-10-16(19(4)18-14)9-13(8-12(2)3)11-17-15-6-7-15/h10,12-13,15,17H,5-9,11H2,1-4H3. The third-order valence-corrected chi connectivity index (χ3v) is 3.96. The minimum Gasteiger partial charge on any atom is -0.314 e. The highest BCUT2D eigenvalue weighted by Gasteiger charge is 2.23. The highest BCUT2D eigenvalue weighted by molar-refractivity contribution is 5.11. The maximum absolute atomic E-state index is 4.57. The molecule has 1 saturated carbocycles. The Balaban J connectivity index is 1.93. The highest BCUT2D eigenvalue weighted by Crippen LogP contribution is 2.22. The quantitative estimate of drug-likeness (QED) is 0.781. The summed E-state index contributed by atoms with van der Waals surface area (Å²) in [5.41, 5.74) is 2.61. The van der Waals surface area contributed by atoms with Gasteiger partial charge in [0.1, 0.15) is 0 Å². The van der Waals surface area contributed by atoms with E-state index in [2.05, 4.69) is 49.0 Å². The van der Waals surface area contributed by atoms with Crippen LogP contribution in [0.2, 0.25) is 0 Å². The van der Waals surface area contributed by atoms with Crippen molar-refractivity contribution in [3.8, 4) is 0 Å². The van der Waals surface area contributed by atoms with Gasteiger partial charge < -0.3 is 5.32 Å². The topological polar surface area (TPSA) is 29.9 Å². The molecule has 0 spiro atoms. The smallest absolute Gasteiger partial charge is 0.0624 e. The number of nitrogens with one attached hydrogen (secondary N) is 1. The van der Waals surface area contributed by atoms with Crippen molar-refractivity contribution < 1.29 is 0 Å². The van der Waals surface area contributed by atoms with Gasteiger partial charge >= 0.3 is 0 Å². The molecule has 19 heavy (non-hydrogen) atoms.